The molecule has 0 unspecified atom stereocenters. The minimum Gasteiger partial charge on any atom is -0.494 e. The van der Waals surface area contributed by atoms with Crippen LogP contribution in [0.5, 0.6) is 5.75 Å². The minimum atomic E-state index is -0.434. The van der Waals surface area contributed by atoms with Gasteiger partial charge in [-0.1, -0.05) is 6.07 Å². The van der Waals surface area contributed by atoms with Crippen LogP contribution in [0.25, 0.3) is 0 Å². The number of carbonyl (C=O) groups excluding carboxylic acids is 1. The van der Waals surface area contributed by atoms with Crippen LogP contribution in [-0.4, -0.2) is 49.0 Å². The van der Waals surface area contributed by atoms with Crippen molar-refractivity contribution in [3.63, 3.8) is 0 Å². The van der Waals surface area contributed by atoms with E-state index in [1.54, 1.807) is 11.0 Å². The SMILES string of the molecule is COc1ccc(CN2CCN(C(=O)c3cc(F)ccc3Br)CC2)cc1F. The molecular formula is C19H19BrF2N2O2. The molecule has 2 aromatic carbocycles. The Morgan fingerprint density at radius 3 is 2.50 bits per heavy atom. The van der Waals surface area contributed by atoms with Crippen LogP contribution in [-0.2, 0) is 6.54 Å². The van der Waals surface area contributed by atoms with Gasteiger partial charge < -0.3 is 9.64 Å². The number of ether oxygens (including phenoxy) is 1. The molecule has 0 aromatic heterocycles. The second-order valence-corrected chi connectivity index (χ2v) is 7.02. The maximum absolute atomic E-state index is 13.8. The second-order valence-electron chi connectivity index (χ2n) is 6.16. The fraction of sp³-hybridized carbons (Fsp3) is 0.316. The largest absolute Gasteiger partial charge is 0.494 e. The predicted octanol–water partition coefficient (Wildman–Crippen LogP) is 3.69. The van der Waals surface area contributed by atoms with Gasteiger partial charge in [0.25, 0.3) is 5.91 Å². The number of methoxy groups -OCH3 is 1. The molecule has 0 saturated carbocycles. The molecule has 1 fully saturated rings. The van der Waals surface area contributed by atoms with E-state index < -0.39 is 5.82 Å². The van der Waals surface area contributed by atoms with Gasteiger partial charge in [0, 0.05) is 37.2 Å². The van der Waals surface area contributed by atoms with E-state index in [2.05, 4.69) is 20.8 Å². The first-order valence-electron chi connectivity index (χ1n) is 8.27. The summed E-state index contributed by atoms with van der Waals surface area (Å²) in [5.74, 6) is -0.775. The number of halogens is 3. The molecule has 0 atom stereocenters. The Labute approximate surface area is 159 Å². The number of amides is 1. The fourth-order valence-corrected chi connectivity index (χ4v) is 3.42. The molecule has 1 heterocycles. The standard InChI is InChI=1S/C19H19BrF2N2O2/c1-26-18-5-2-13(10-17(18)22)12-23-6-8-24(9-7-23)19(25)15-11-14(21)3-4-16(15)20/h2-5,10-11H,6-9,12H2,1H3. The lowest BCUT2D eigenvalue weighted by molar-refractivity contribution is 0.0627. The zero-order valence-electron chi connectivity index (χ0n) is 14.3. The van der Waals surface area contributed by atoms with Crippen molar-refractivity contribution in [3.05, 3.63) is 63.6 Å². The molecule has 0 N–H and O–H groups in total. The molecule has 0 radical (unpaired) electrons. The van der Waals surface area contributed by atoms with Crippen molar-refractivity contribution in [2.24, 2.45) is 0 Å². The van der Waals surface area contributed by atoms with Crippen molar-refractivity contribution in [2.75, 3.05) is 33.3 Å². The van der Waals surface area contributed by atoms with Gasteiger partial charge in [-0.05, 0) is 51.8 Å². The summed E-state index contributed by atoms with van der Waals surface area (Å²) >= 11 is 3.30. The molecule has 1 aliphatic rings. The molecule has 1 aliphatic heterocycles. The normalized spacial score (nSPS) is 15.2. The van der Waals surface area contributed by atoms with Crippen molar-refractivity contribution in [1.82, 2.24) is 9.80 Å². The monoisotopic (exact) mass is 424 g/mol. The molecule has 2 aromatic rings. The number of hydrogen-bond acceptors (Lipinski definition) is 3. The van der Waals surface area contributed by atoms with Crippen LogP contribution in [0.4, 0.5) is 8.78 Å². The third kappa shape index (κ3) is 4.22. The number of piperazine rings is 1. The first kappa shape index (κ1) is 18.8. The topological polar surface area (TPSA) is 32.8 Å². The highest BCUT2D eigenvalue weighted by molar-refractivity contribution is 9.10. The summed E-state index contributed by atoms with van der Waals surface area (Å²) in [5.41, 5.74) is 1.19. The van der Waals surface area contributed by atoms with E-state index in [1.807, 2.05) is 6.07 Å². The Morgan fingerprint density at radius 2 is 1.85 bits per heavy atom. The van der Waals surface area contributed by atoms with Crippen LogP contribution in [0.15, 0.2) is 40.9 Å². The highest BCUT2D eigenvalue weighted by Crippen LogP contribution is 2.22. The summed E-state index contributed by atoms with van der Waals surface area (Å²) in [5, 5.41) is 0. The number of carbonyl (C=O) groups is 1. The molecule has 0 aliphatic carbocycles. The lowest BCUT2D eigenvalue weighted by Crippen LogP contribution is -2.48. The van der Waals surface area contributed by atoms with Crippen molar-refractivity contribution in [3.8, 4) is 5.75 Å². The van der Waals surface area contributed by atoms with E-state index in [9.17, 15) is 13.6 Å². The van der Waals surface area contributed by atoms with Crippen molar-refractivity contribution >= 4 is 21.8 Å². The second kappa shape index (κ2) is 8.14. The maximum Gasteiger partial charge on any atom is 0.255 e. The Balaban J connectivity index is 1.59. The van der Waals surface area contributed by atoms with Crippen LogP contribution in [0.2, 0.25) is 0 Å². The highest BCUT2D eigenvalue weighted by Gasteiger charge is 2.24. The summed E-state index contributed by atoms with van der Waals surface area (Å²) < 4.78 is 32.7. The van der Waals surface area contributed by atoms with E-state index in [0.717, 1.165) is 5.56 Å². The fourth-order valence-electron chi connectivity index (χ4n) is 3.01. The average Bonchev–Trinajstić information content (AvgIpc) is 2.64. The minimum absolute atomic E-state index is 0.188. The summed E-state index contributed by atoms with van der Waals surface area (Å²) in [7, 11) is 1.44. The van der Waals surface area contributed by atoms with E-state index >= 15 is 0 Å². The van der Waals surface area contributed by atoms with Crippen LogP contribution in [0, 0.1) is 11.6 Å². The average molecular weight is 425 g/mol. The van der Waals surface area contributed by atoms with Crippen LogP contribution in [0.3, 0.4) is 0 Å². The third-order valence-corrected chi connectivity index (χ3v) is 5.13. The van der Waals surface area contributed by atoms with Crippen LogP contribution in [0.1, 0.15) is 15.9 Å². The first-order chi connectivity index (χ1) is 12.5. The number of nitrogens with zero attached hydrogens (tertiary/aromatic N) is 2. The smallest absolute Gasteiger partial charge is 0.255 e. The molecule has 0 spiro atoms. The van der Waals surface area contributed by atoms with E-state index in [-0.39, 0.29) is 17.5 Å². The van der Waals surface area contributed by atoms with E-state index in [0.29, 0.717) is 42.8 Å². The van der Waals surface area contributed by atoms with Crippen molar-refractivity contribution in [2.45, 2.75) is 6.54 Å². The highest BCUT2D eigenvalue weighted by atomic mass is 79.9. The van der Waals surface area contributed by atoms with Gasteiger partial charge in [-0.25, -0.2) is 8.78 Å². The quantitative estimate of drug-likeness (QED) is 0.749. The lowest BCUT2D eigenvalue weighted by Gasteiger charge is -2.35. The molecule has 1 saturated heterocycles. The number of rotatable bonds is 4. The molecule has 0 bridgehead atoms. The van der Waals surface area contributed by atoms with Gasteiger partial charge in [-0.2, -0.15) is 0 Å². The Kier molecular flexibility index (Phi) is 5.88. The van der Waals surface area contributed by atoms with Gasteiger partial charge in [0.1, 0.15) is 5.82 Å². The molecule has 26 heavy (non-hydrogen) atoms. The Bertz CT molecular complexity index is 808. The van der Waals surface area contributed by atoms with Gasteiger partial charge in [-0.15, -0.1) is 0 Å². The number of hydrogen-bond donors (Lipinski definition) is 0. The molecule has 3 rings (SSSR count). The number of benzene rings is 2. The summed E-state index contributed by atoms with van der Waals surface area (Å²) in [4.78, 5) is 16.5. The van der Waals surface area contributed by atoms with Gasteiger partial charge in [0.15, 0.2) is 11.6 Å². The molecule has 4 nitrogen and oxygen atoms in total. The van der Waals surface area contributed by atoms with Crippen LogP contribution >= 0.6 is 15.9 Å². The van der Waals surface area contributed by atoms with Gasteiger partial charge >= 0.3 is 0 Å². The van der Waals surface area contributed by atoms with Crippen molar-refractivity contribution < 1.29 is 18.3 Å². The van der Waals surface area contributed by atoms with E-state index in [1.165, 1.54) is 31.4 Å². The van der Waals surface area contributed by atoms with Gasteiger partial charge in [-0.3, -0.25) is 9.69 Å². The molecule has 138 valence electrons. The summed E-state index contributed by atoms with van der Waals surface area (Å²) in [6, 6.07) is 9.03. The zero-order chi connectivity index (χ0) is 18.7. The molecular weight excluding hydrogens is 406 g/mol. The first-order valence-corrected chi connectivity index (χ1v) is 9.06. The lowest BCUT2D eigenvalue weighted by atomic mass is 10.1. The van der Waals surface area contributed by atoms with Gasteiger partial charge in [0.05, 0.1) is 12.7 Å². The molecule has 7 heteroatoms. The third-order valence-electron chi connectivity index (χ3n) is 4.44. The van der Waals surface area contributed by atoms with Gasteiger partial charge in [0.2, 0.25) is 0 Å². The summed E-state index contributed by atoms with van der Waals surface area (Å²) in [6.45, 7) is 3.03. The molecule has 1 amide bonds. The Hall–Kier alpha value is -1.99. The van der Waals surface area contributed by atoms with Crippen molar-refractivity contribution in [1.29, 1.82) is 0 Å². The zero-order valence-corrected chi connectivity index (χ0v) is 15.9. The maximum atomic E-state index is 13.8. The van der Waals surface area contributed by atoms with E-state index in [4.69, 9.17) is 4.74 Å². The van der Waals surface area contributed by atoms with Crippen LogP contribution < -0.4 is 4.74 Å². The predicted molar refractivity (Wildman–Crippen MR) is 98.2 cm³/mol. The Morgan fingerprint density at radius 1 is 1.12 bits per heavy atom. The summed E-state index contributed by atoms with van der Waals surface area (Å²) in [6.07, 6.45) is 0.